The Balaban J connectivity index is 1.08. The van der Waals surface area contributed by atoms with Crippen LogP contribution in [0.3, 0.4) is 0 Å². The highest BCUT2D eigenvalue weighted by Crippen LogP contribution is 2.66. The Labute approximate surface area is 366 Å². The molecule has 0 saturated heterocycles. The second-order valence-electron chi connectivity index (χ2n) is 17.4. The molecule has 290 valence electrons. The Morgan fingerprint density at radius 2 is 0.683 bits per heavy atom. The zero-order valence-corrected chi connectivity index (χ0v) is 34.4. The first-order chi connectivity index (χ1) is 31.3. The van der Waals surface area contributed by atoms with Crippen LogP contribution < -0.4 is 0 Å². The summed E-state index contributed by atoms with van der Waals surface area (Å²) in [5, 5.41) is 12.8. The second-order valence-corrected chi connectivity index (χ2v) is 17.4. The van der Waals surface area contributed by atoms with Crippen molar-refractivity contribution in [3.8, 4) is 55.6 Å². The Hall–Kier alpha value is -8.06. The summed E-state index contributed by atoms with van der Waals surface area (Å²) in [6, 6.07) is 86.6. The van der Waals surface area contributed by atoms with Gasteiger partial charge in [-0.3, -0.25) is 0 Å². The maximum absolute atomic E-state index is 2.52. The van der Waals surface area contributed by atoms with Gasteiger partial charge in [0.25, 0.3) is 0 Å². The normalized spacial score (nSPS) is 13.2. The van der Waals surface area contributed by atoms with E-state index in [2.05, 4.69) is 231 Å². The van der Waals surface area contributed by atoms with E-state index in [0.717, 1.165) is 0 Å². The molecule has 63 heavy (non-hydrogen) atoms. The lowest BCUT2D eigenvalue weighted by Crippen LogP contribution is -2.26. The van der Waals surface area contributed by atoms with Crippen molar-refractivity contribution >= 4 is 53.9 Å². The summed E-state index contributed by atoms with van der Waals surface area (Å²) < 4.78 is 0. The van der Waals surface area contributed by atoms with Gasteiger partial charge < -0.3 is 0 Å². The SMILES string of the molecule is c1ccc(-c2ccc(-c3c4ccccc4c(-c4ccc5c6c(c7ccccc7c5c4)-c4ccc5ccccc5c4C64c5ccccc5-c5ccccc54)c4ccccc34)cc2)cc1. The summed E-state index contributed by atoms with van der Waals surface area (Å²) in [4.78, 5) is 0. The number of rotatable bonds is 3. The van der Waals surface area contributed by atoms with Gasteiger partial charge in [0.1, 0.15) is 0 Å². The first-order valence-electron chi connectivity index (χ1n) is 22.1. The van der Waals surface area contributed by atoms with Crippen molar-refractivity contribution in [2.75, 3.05) is 0 Å². The molecule has 2 aliphatic rings. The summed E-state index contributed by atoms with van der Waals surface area (Å²) in [7, 11) is 0. The maximum atomic E-state index is 2.52. The number of hydrogen-bond acceptors (Lipinski definition) is 0. The van der Waals surface area contributed by atoms with Crippen molar-refractivity contribution in [1.29, 1.82) is 0 Å². The molecule has 2 aliphatic carbocycles. The second kappa shape index (κ2) is 13.0. The highest BCUT2D eigenvalue weighted by atomic mass is 14.5. The molecule has 0 aliphatic heterocycles. The van der Waals surface area contributed by atoms with Gasteiger partial charge in [-0.2, -0.15) is 0 Å². The van der Waals surface area contributed by atoms with Crippen LogP contribution in [0.15, 0.2) is 231 Å². The van der Waals surface area contributed by atoms with E-state index < -0.39 is 5.41 Å². The van der Waals surface area contributed by atoms with Crippen LogP contribution >= 0.6 is 0 Å². The largest absolute Gasteiger partial charge is 0.0737 e. The molecular weight excluding hydrogens is 757 g/mol. The van der Waals surface area contributed by atoms with E-state index in [-0.39, 0.29) is 0 Å². The van der Waals surface area contributed by atoms with Gasteiger partial charge in [0.15, 0.2) is 0 Å². The summed E-state index contributed by atoms with van der Waals surface area (Å²) in [6.07, 6.45) is 0. The molecule has 0 heteroatoms. The van der Waals surface area contributed by atoms with E-state index in [9.17, 15) is 0 Å². The van der Waals surface area contributed by atoms with Crippen LogP contribution in [-0.2, 0) is 5.41 Å². The molecule has 0 nitrogen and oxygen atoms in total. The molecule has 0 N–H and O–H groups in total. The molecular formula is C63H38. The van der Waals surface area contributed by atoms with Crippen molar-refractivity contribution < 1.29 is 0 Å². The zero-order chi connectivity index (χ0) is 41.2. The van der Waals surface area contributed by atoms with Gasteiger partial charge >= 0.3 is 0 Å². The fraction of sp³-hybridized carbons (Fsp3) is 0.0159. The van der Waals surface area contributed by atoms with Gasteiger partial charge in [0.05, 0.1) is 5.41 Å². The Bertz CT molecular complexity index is 3790. The average molecular weight is 795 g/mol. The van der Waals surface area contributed by atoms with Crippen LogP contribution in [0, 0.1) is 0 Å². The zero-order valence-electron chi connectivity index (χ0n) is 34.4. The summed E-state index contributed by atoms with van der Waals surface area (Å²) in [5.74, 6) is 0. The highest BCUT2D eigenvalue weighted by molar-refractivity contribution is 6.25. The Kier molecular flexibility index (Phi) is 7.13. The van der Waals surface area contributed by atoms with Crippen LogP contribution in [0.1, 0.15) is 22.3 Å². The minimum absolute atomic E-state index is 0.500. The van der Waals surface area contributed by atoms with Crippen molar-refractivity contribution in [1.82, 2.24) is 0 Å². The minimum Gasteiger partial charge on any atom is -0.0622 e. The first kappa shape index (κ1) is 34.6. The van der Waals surface area contributed by atoms with Gasteiger partial charge in [-0.05, 0) is 138 Å². The van der Waals surface area contributed by atoms with Crippen molar-refractivity contribution in [3.63, 3.8) is 0 Å². The van der Waals surface area contributed by atoms with Gasteiger partial charge in [0, 0.05) is 0 Å². The summed E-state index contributed by atoms with van der Waals surface area (Å²) >= 11 is 0. The first-order valence-corrected chi connectivity index (χ1v) is 22.1. The predicted octanol–water partition coefficient (Wildman–Crippen LogP) is 16.8. The molecule has 0 heterocycles. The Morgan fingerprint density at radius 1 is 0.222 bits per heavy atom. The molecule has 12 aromatic carbocycles. The van der Waals surface area contributed by atoms with Crippen LogP contribution in [-0.4, -0.2) is 0 Å². The minimum atomic E-state index is -0.500. The van der Waals surface area contributed by atoms with E-state index in [1.807, 2.05) is 0 Å². The van der Waals surface area contributed by atoms with Gasteiger partial charge in [-0.25, -0.2) is 0 Å². The molecule has 0 saturated carbocycles. The standard InChI is InChI=1S/C63H38/c1-2-16-39(17-3-1)40-30-32-42(33-31-40)58-49-24-8-10-26-51(49)59(52-27-11-9-25-50(52)58)43-35-36-53-55(38-43)45-20-6-7-23-48(45)60-54-37-34-41-18-4-5-19-44(41)61(54)63(62(53)60)56-28-14-12-21-46(56)47-22-13-15-29-57(47)63/h1-38H. The summed E-state index contributed by atoms with van der Waals surface area (Å²) in [6.45, 7) is 0. The molecule has 0 fully saturated rings. The Morgan fingerprint density at radius 3 is 1.32 bits per heavy atom. The number of hydrogen-bond donors (Lipinski definition) is 0. The molecule has 14 rings (SSSR count). The van der Waals surface area contributed by atoms with E-state index in [1.165, 1.54) is 132 Å². The van der Waals surface area contributed by atoms with Crippen LogP contribution in [0.5, 0.6) is 0 Å². The average Bonchev–Trinajstić information content (AvgIpc) is 3.84. The van der Waals surface area contributed by atoms with E-state index in [0.29, 0.717) is 0 Å². The van der Waals surface area contributed by atoms with Crippen molar-refractivity contribution in [2.24, 2.45) is 0 Å². The predicted molar refractivity (Wildman–Crippen MR) is 267 cm³/mol. The lowest BCUT2D eigenvalue weighted by atomic mass is 9.68. The van der Waals surface area contributed by atoms with E-state index in [1.54, 1.807) is 0 Å². The lowest BCUT2D eigenvalue weighted by Gasteiger charge is -2.32. The molecule has 0 bridgehead atoms. The lowest BCUT2D eigenvalue weighted by molar-refractivity contribution is 0.809. The monoisotopic (exact) mass is 794 g/mol. The molecule has 0 aromatic heterocycles. The number of fused-ring (bicyclic) bond motifs is 19. The van der Waals surface area contributed by atoms with Crippen LogP contribution in [0.25, 0.3) is 109 Å². The quantitative estimate of drug-likeness (QED) is 0.123. The molecule has 0 radical (unpaired) electrons. The van der Waals surface area contributed by atoms with Crippen LogP contribution in [0.2, 0.25) is 0 Å². The van der Waals surface area contributed by atoms with Crippen LogP contribution in [0.4, 0.5) is 0 Å². The van der Waals surface area contributed by atoms with Gasteiger partial charge in [-0.1, -0.05) is 224 Å². The third-order valence-corrected chi connectivity index (χ3v) is 14.4. The fourth-order valence-electron chi connectivity index (χ4n) is 12.0. The number of benzene rings is 12. The van der Waals surface area contributed by atoms with Crippen molar-refractivity contribution in [2.45, 2.75) is 5.41 Å². The smallest absolute Gasteiger partial charge is 0.0622 e. The van der Waals surface area contributed by atoms with Gasteiger partial charge in [0.2, 0.25) is 0 Å². The maximum Gasteiger partial charge on any atom is 0.0737 e. The highest BCUT2D eigenvalue weighted by Gasteiger charge is 2.53. The van der Waals surface area contributed by atoms with Crippen molar-refractivity contribution in [3.05, 3.63) is 253 Å². The fourth-order valence-corrected chi connectivity index (χ4v) is 12.0. The topological polar surface area (TPSA) is 0 Å². The molecule has 0 amide bonds. The van der Waals surface area contributed by atoms with E-state index >= 15 is 0 Å². The van der Waals surface area contributed by atoms with Gasteiger partial charge in [-0.15, -0.1) is 0 Å². The summed E-state index contributed by atoms with van der Waals surface area (Å²) in [5.41, 5.74) is 17.8. The molecule has 1 spiro atoms. The third kappa shape index (κ3) is 4.60. The molecule has 12 aromatic rings. The third-order valence-electron chi connectivity index (χ3n) is 14.4. The van der Waals surface area contributed by atoms with E-state index in [4.69, 9.17) is 0 Å². The molecule has 0 atom stereocenters. The molecule has 0 unspecified atom stereocenters.